The number of anilines is 1. The standard InChI is InChI=1S/C22H29N3O4/c1-14(2)16-8-7-9-18(12-16)29-19-11-10-17(13-23-19)24-20(26)15(3)25(21(27)28)22(4,5)6/h7-15H,1-6H3,(H,24,26)(H,27,28)/t15-/m1/s1. The molecule has 0 bridgehead atoms. The van der Waals surface area contributed by atoms with Crippen LogP contribution >= 0.6 is 0 Å². The molecule has 0 fully saturated rings. The third-order valence-corrected chi connectivity index (χ3v) is 4.45. The Labute approximate surface area is 171 Å². The first-order valence-corrected chi connectivity index (χ1v) is 9.56. The molecule has 0 aliphatic heterocycles. The zero-order valence-electron chi connectivity index (χ0n) is 17.8. The van der Waals surface area contributed by atoms with Gasteiger partial charge in [-0.15, -0.1) is 0 Å². The Balaban J connectivity index is 2.06. The number of carbonyl (C=O) groups excluding carboxylic acids is 1. The van der Waals surface area contributed by atoms with Gasteiger partial charge in [0.15, 0.2) is 0 Å². The average Bonchev–Trinajstić information content (AvgIpc) is 2.62. The van der Waals surface area contributed by atoms with Crippen molar-refractivity contribution in [2.24, 2.45) is 0 Å². The summed E-state index contributed by atoms with van der Waals surface area (Å²) in [7, 11) is 0. The average molecular weight is 399 g/mol. The predicted octanol–water partition coefficient (Wildman–Crippen LogP) is 5.10. The predicted molar refractivity (Wildman–Crippen MR) is 113 cm³/mol. The summed E-state index contributed by atoms with van der Waals surface area (Å²) >= 11 is 0. The normalized spacial score (nSPS) is 12.4. The minimum atomic E-state index is -1.15. The quantitative estimate of drug-likeness (QED) is 0.705. The van der Waals surface area contributed by atoms with Crippen molar-refractivity contribution >= 4 is 17.7 Å². The molecule has 1 aromatic heterocycles. The van der Waals surface area contributed by atoms with Crippen LogP contribution in [0.5, 0.6) is 11.6 Å². The molecule has 0 aliphatic carbocycles. The van der Waals surface area contributed by atoms with Crippen LogP contribution in [0.1, 0.15) is 53.0 Å². The molecule has 0 saturated carbocycles. The van der Waals surface area contributed by atoms with Crippen molar-refractivity contribution in [1.82, 2.24) is 9.88 Å². The third-order valence-electron chi connectivity index (χ3n) is 4.45. The fraction of sp³-hybridized carbons (Fsp3) is 0.409. The molecule has 0 spiro atoms. The van der Waals surface area contributed by atoms with Gasteiger partial charge in [-0.2, -0.15) is 0 Å². The number of carboxylic acid groups (broad SMARTS) is 1. The number of rotatable bonds is 6. The molecule has 2 rings (SSSR count). The first kappa shape index (κ1) is 22.2. The second-order valence-corrected chi connectivity index (χ2v) is 8.20. The smallest absolute Gasteiger partial charge is 0.408 e. The first-order valence-electron chi connectivity index (χ1n) is 9.56. The monoisotopic (exact) mass is 399 g/mol. The first-order chi connectivity index (χ1) is 13.5. The second-order valence-electron chi connectivity index (χ2n) is 8.20. The molecule has 2 N–H and O–H groups in total. The van der Waals surface area contributed by atoms with E-state index >= 15 is 0 Å². The van der Waals surface area contributed by atoms with Gasteiger partial charge in [-0.05, 0) is 57.4 Å². The summed E-state index contributed by atoms with van der Waals surface area (Å²) in [5.74, 6) is 1.06. The summed E-state index contributed by atoms with van der Waals surface area (Å²) < 4.78 is 5.78. The van der Waals surface area contributed by atoms with Gasteiger partial charge in [0.25, 0.3) is 0 Å². The van der Waals surface area contributed by atoms with E-state index in [1.807, 2.05) is 24.3 Å². The van der Waals surface area contributed by atoms with Gasteiger partial charge in [0.05, 0.1) is 11.9 Å². The molecule has 1 aromatic carbocycles. The van der Waals surface area contributed by atoms with E-state index in [4.69, 9.17) is 4.74 Å². The third kappa shape index (κ3) is 5.94. The molecule has 1 heterocycles. The maximum atomic E-state index is 12.5. The second kappa shape index (κ2) is 8.94. The van der Waals surface area contributed by atoms with Crippen LogP contribution in [0.25, 0.3) is 0 Å². The van der Waals surface area contributed by atoms with Crippen molar-refractivity contribution in [2.45, 2.75) is 59.0 Å². The highest BCUT2D eigenvalue weighted by Crippen LogP contribution is 2.25. The zero-order chi connectivity index (χ0) is 21.8. The largest absolute Gasteiger partial charge is 0.465 e. The number of pyridine rings is 1. The summed E-state index contributed by atoms with van der Waals surface area (Å²) in [5.41, 5.74) is 0.926. The van der Waals surface area contributed by atoms with Crippen molar-refractivity contribution in [2.75, 3.05) is 5.32 Å². The molecule has 29 heavy (non-hydrogen) atoms. The maximum Gasteiger partial charge on any atom is 0.408 e. The van der Waals surface area contributed by atoms with Gasteiger partial charge in [0, 0.05) is 11.6 Å². The highest BCUT2D eigenvalue weighted by Gasteiger charge is 2.34. The molecule has 0 saturated heterocycles. The SMILES string of the molecule is CC(C)c1cccc(Oc2ccc(NC(=O)[C@@H](C)N(C(=O)O)C(C)(C)C)cn2)c1. The topological polar surface area (TPSA) is 91.8 Å². The van der Waals surface area contributed by atoms with Crippen LogP contribution in [0.3, 0.4) is 0 Å². The number of nitrogens with one attached hydrogen (secondary N) is 1. The summed E-state index contributed by atoms with van der Waals surface area (Å²) in [5, 5.41) is 12.1. The highest BCUT2D eigenvalue weighted by molar-refractivity contribution is 5.96. The van der Waals surface area contributed by atoms with Crippen LogP contribution in [-0.2, 0) is 4.79 Å². The van der Waals surface area contributed by atoms with Crippen LogP contribution in [0.2, 0.25) is 0 Å². The number of amides is 2. The van der Waals surface area contributed by atoms with E-state index in [1.54, 1.807) is 39.8 Å². The highest BCUT2D eigenvalue weighted by atomic mass is 16.5. The lowest BCUT2D eigenvalue weighted by molar-refractivity contribution is -0.121. The van der Waals surface area contributed by atoms with Crippen molar-refractivity contribution in [3.05, 3.63) is 48.2 Å². The summed E-state index contributed by atoms with van der Waals surface area (Å²) in [6.07, 6.45) is 0.333. The van der Waals surface area contributed by atoms with Gasteiger partial charge < -0.3 is 15.2 Å². The molecule has 0 radical (unpaired) electrons. The summed E-state index contributed by atoms with van der Waals surface area (Å²) in [6, 6.07) is 10.3. The molecule has 7 heteroatoms. The van der Waals surface area contributed by atoms with Crippen molar-refractivity contribution in [1.29, 1.82) is 0 Å². The van der Waals surface area contributed by atoms with Crippen LogP contribution in [0.4, 0.5) is 10.5 Å². The van der Waals surface area contributed by atoms with Crippen LogP contribution < -0.4 is 10.1 Å². The molecule has 0 unspecified atom stereocenters. The van der Waals surface area contributed by atoms with Gasteiger partial charge in [-0.3, -0.25) is 9.69 Å². The number of benzene rings is 1. The van der Waals surface area contributed by atoms with E-state index in [1.165, 1.54) is 11.8 Å². The number of carbonyl (C=O) groups is 2. The molecule has 2 amide bonds. The lowest BCUT2D eigenvalue weighted by Gasteiger charge is -2.37. The Kier molecular flexibility index (Phi) is 6.84. The molecular formula is C22H29N3O4. The Morgan fingerprint density at radius 3 is 2.34 bits per heavy atom. The van der Waals surface area contributed by atoms with Gasteiger partial charge >= 0.3 is 6.09 Å². The number of hydrogen-bond donors (Lipinski definition) is 2. The Morgan fingerprint density at radius 1 is 1.14 bits per heavy atom. The van der Waals surface area contributed by atoms with Gasteiger partial charge in [0.2, 0.25) is 11.8 Å². The van der Waals surface area contributed by atoms with Gasteiger partial charge in [-0.1, -0.05) is 26.0 Å². The number of aromatic nitrogens is 1. The molecule has 156 valence electrons. The number of ether oxygens (including phenoxy) is 1. The fourth-order valence-corrected chi connectivity index (χ4v) is 2.97. The lowest BCUT2D eigenvalue weighted by Crippen LogP contribution is -2.54. The van der Waals surface area contributed by atoms with Gasteiger partial charge in [-0.25, -0.2) is 9.78 Å². The Morgan fingerprint density at radius 2 is 1.83 bits per heavy atom. The van der Waals surface area contributed by atoms with Crippen LogP contribution in [0, 0.1) is 0 Å². The lowest BCUT2D eigenvalue weighted by atomic mass is 10.0. The van der Waals surface area contributed by atoms with E-state index in [9.17, 15) is 14.7 Å². The minimum absolute atomic E-state index is 0.393. The van der Waals surface area contributed by atoms with E-state index < -0.39 is 23.6 Å². The number of hydrogen-bond acceptors (Lipinski definition) is 4. The van der Waals surface area contributed by atoms with Crippen molar-refractivity contribution in [3.63, 3.8) is 0 Å². The summed E-state index contributed by atoms with van der Waals surface area (Å²) in [4.78, 5) is 29.4. The van der Waals surface area contributed by atoms with E-state index in [0.717, 1.165) is 4.90 Å². The molecule has 0 aliphatic rings. The molecule has 1 atom stereocenters. The summed E-state index contributed by atoms with van der Waals surface area (Å²) in [6.45, 7) is 11.0. The molecule has 2 aromatic rings. The fourth-order valence-electron chi connectivity index (χ4n) is 2.97. The van der Waals surface area contributed by atoms with E-state index in [2.05, 4.69) is 24.1 Å². The molecular weight excluding hydrogens is 370 g/mol. The Bertz CT molecular complexity index is 857. The van der Waals surface area contributed by atoms with E-state index in [0.29, 0.717) is 23.2 Å². The van der Waals surface area contributed by atoms with Gasteiger partial charge in [0.1, 0.15) is 11.8 Å². The number of nitrogens with zero attached hydrogens (tertiary/aromatic N) is 2. The van der Waals surface area contributed by atoms with Crippen molar-refractivity contribution < 1.29 is 19.4 Å². The molecule has 7 nitrogen and oxygen atoms in total. The van der Waals surface area contributed by atoms with Crippen LogP contribution in [0.15, 0.2) is 42.6 Å². The van der Waals surface area contributed by atoms with Crippen molar-refractivity contribution in [3.8, 4) is 11.6 Å². The van der Waals surface area contributed by atoms with E-state index in [-0.39, 0.29) is 0 Å². The maximum absolute atomic E-state index is 12.5. The van der Waals surface area contributed by atoms with Crippen LogP contribution in [-0.4, -0.2) is 38.6 Å². The Hall–Kier alpha value is -3.09. The minimum Gasteiger partial charge on any atom is -0.465 e. The zero-order valence-corrected chi connectivity index (χ0v) is 17.8.